The highest BCUT2D eigenvalue weighted by molar-refractivity contribution is 6.11. The van der Waals surface area contributed by atoms with E-state index in [2.05, 4.69) is 10.6 Å². The molecule has 0 saturated carbocycles. The van der Waals surface area contributed by atoms with Crippen molar-refractivity contribution >= 4 is 46.2 Å². The SMILES string of the molecule is O=C(O)Cn1ccc2cc(NC(=O)c3cccc4c3CN(C3CCC(=O)NC3=O)C4=O)ccc21. The Bertz CT molecular complexity index is 1390. The molecule has 2 aliphatic rings. The maximum Gasteiger partial charge on any atom is 0.323 e. The second-order valence-electron chi connectivity index (χ2n) is 8.30. The number of imide groups is 1. The third-order valence-electron chi connectivity index (χ3n) is 6.16. The van der Waals surface area contributed by atoms with Crippen LogP contribution >= 0.6 is 0 Å². The summed E-state index contributed by atoms with van der Waals surface area (Å²) in [6, 6.07) is 11.0. The minimum absolute atomic E-state index is 0.0983. The number of carboxylic acid groups (broad SMARTS) is 1. The third kappa shape index (κ3) is 3.68. The lowest BCUT2D eigenvalue weighted by Crippen LogP contribution is -2.52. The lowest BCUT2D eigenvalue weighted by atomic mass is 10.0. The van der Waals surface area contributed by atoms with Crippen LogP contribution in [0.15, 0.2) is 48.7 Å². The van der Waals surface area contributed by atoms with Crippen LogP contribution in [-0.4, -0.2) is 50.2 Å². The van der Waals surface area contributed by atoms with E-state index in [1.165, 1.54) is 4.90 Å². The zero-order chi connectivity index (χ0) is 24.0. The third-order valence-corrected chi connectivity index (χ3v) is 6.16. The lowest BCUT2D eigenvalue weighted by molar-refractivity contribution is -0.138. The first kappa shape index (κ1) is 21.4. The molecule has 1 aromatic heterocycles. The van der Waals surface area contributed by atoms with Gasteiger partial charge in [-0.05, 0) is 48.4 Å². The number of aliphatic carboxylic acids is 1. The van der Waals surface area contributed by atoms with Gasteiger partial charge in [0.1, 0.15) is 12.6 Å². The molecule has 0 aliphatic carbocycles. The Kier molecular flexibility index (Phi) is 5.12. The standard InChI is InChI=1S/C24H20N4O6/c29-20-7-6-19(23(33)26-20)28-11-17-15(2-1-3-16(17)24(28)34)22(32)25-14-4-5-18-13(10-14)8-9-27(18)12-21(30)31/h1-5,8-10,19H,6-7,11-12H2,(H,25,32)(H,30,31)(H,26,29,33). The fourth-order valence-electron chi connectivity index (χ4n) is 4.56. The van der Waals surface area contributed by atoms with Crippen LogP contribution in [0.25, 0.3) is 10.9 Å². The van der Waals surface area contributed by atoms with Crippen LogP contribution in [0.2, 0.25) is 0 Å². The number of benzene rings is 2. The molecule has 3 heterocycles. The number of aromatic nitrogens is 1. The molecule has 0 spiro atoms. The number of nitrogens with zero attached hydrogens (tertiary/aromatic N) is 2. The van der Waals surface area contributed by atoms with Gasteiger partial charge in [0.25, 0.3) is 11.8 Å². The van der Waals surface area contributed by atoms with Crippen LogP contribution in [0.5, 0.6) is 0 Å². The Morgan fingerprint density at radius 1 is 1.12 bits per heavy atom. The number of rotatable bonds is 5. The normalized spacial score (nSPS) is 17.6. The maximum atomic E-state index is 13.1. The molecule has 34 heavy (non-hydrogen) atoms. The van der Waals surface area contributed by atoms with Crippen LogP contribution in [0, 0.1) is 0 Å². The zero-order valence-corrected chi connectivity index (χ0v) is 17.9. The summed E-state index contributed by atoms with van der Waals surface area (Å²) in [4.78, 5) is 62.2. The minimum atomic E-state index is -0.950. The highest BCUT2D eigenvalue weighted by Gasteiger charge is 2.40. The Morgan fingerprint density at radius 3 is 2.71 bits per heavy atom. The Morgan fingerprint density at radius 2 is 1.94 bits per heavy atom. The van der Waals surface area contributed by atoms with E-state index in [1.807, 2.05) is 0 Å². The average Bonchev–Trinajstić information content (AvgIpc) is 3.34. The van der Waals surface area contributed by atoms with E-state index >= 15 is 0 Å². The molecule has 1 atom stereocenters. The number of piperidine rings is 1. The van der Waals surface area contributed by atoms with Gasteiger partial charge < -0.3 is 19.9 Å². The van der Waals surface area contributed by atoms with Gasteiger partial charge in [0.2, 0.25) is 11.8 Å². The second kappa shape index (κ2) is 8.14. The van der Waals surface area contributed by atoms with Gasteiger partial charge in [0, 0.05) is 46.9 Å². The Hall–Kier alpha value is -4.47. The fourth-order valence-corrected chi connectivity index (χ4v) is 4.56. The monoisotopic (exact) mass is 460 g/mol. The van der Waals surface area contributed by atoms with Crippen molar-refractivity contribution in [3.63, 3.8) is 0 Å². The van der Waals surface area contributed by atoms with Crippen LogP contribution in [0.4, 0.5) is 5.69 Å². The van der Waals surface area contributed by atoms with Crippen LogP contribution < -0.4 is 10.6 Å². The maximum absolute atomic E-state index is 13.1. The van der Waals surface area contributed by atoms with E-state index in [4.69, 9.17) is 5.11 Å². The van der Waals surface area contributed by atoms with Gasteiger partial charge in [-0.3, -0.25) is 29.3 Å². The fraction of sp³-hybridized carbons (Fsp3) is 0.208. The van der Waals surface area contributed by atoms with Crippen molar-refractivity contribution in [2.24, 2.45) is 0 Å². The molecule has 3 N–H and O–H groups in total. The molecule has 5 rings (SSSR count). The van der Waals surface area contributed by atoms with Crippen LogP contribution in [0.3, 0.4) is 0 Å². The van der Waals surface area contributed by atoms with Crippen molar-refractivity contribution < 1.29 is 29.1 Å². The van der Waals surface area contributed by atoms with Gasteiger partial charge in [-0.25, -0.2) is 0 Å². The van der Waals surface area contributed by atoms with Crippen molar-refractivity contribution in [2.75, 3.05) is 5.32 Å². The quantitative estimate of drug-likeness (QED) is 0.496. The summed E-state index contributed by atoms with van der Waals surface area (Å²) in [7, 11) is 0. The number of nitrogens with one attached hydrogen (secondary N) is 2. The van der Waals surface area contributed by atoms with Gasteiger partial charge in [0.15, 0.2) is 0 Å². The summed E-state index contributed by atoms with van der Waals surface area (Å²) >= 11 is 0. The summed E-state index contributed by atoms with van der Waals surface area (Å²) in [5.74, 6) is -2.57. The van der Waals surface area contributed by atoms with E-state index in [1.54, 1.807) is 53.2 Å². The van der Waals surface area contributed by atoms with Gasteiger partial charge in [-0.2, -0.15) is 0 Å². The molecular weight excluding hydrogens is 440 g/mol. The molecule has 4 amide bonds. The summed E-state index contributed by atoms with van der Waals surface area (Å²) in [6.45, 7) is -0.0653. The van der Waals surface area contributed by atoms with Crippen molar-refractivity contribution in [1.82, 2.24) is 14.8 Å². The first-order valence-corrected chi connectivity index (χ1v) is 10.7. The average molecular weight is 460 g/mol. The Labute approximate surface area is 193 Å². The summed E-state index contributed by atoms with van der Waals surface area (Å²) in [5, 5.41) is 14.9. The Balaban J connectivity index is 1.38. The van der Waals surface area contributed by atoms with Crippen molar-refractivity contribution in [3.8, 4) is 0 Å². The number of carbonyl (C=O) groups is 5. The molecule has 0 radical (unpaired) electrons. The minimum Gasteiger partial charge on any atom is -0.480 e. The number of amides is 4. The smallest absolute Gasteiger partial charge is 0.323 e. The van der Waals surface area contributed by atoms with E-state index < -0.39 is 23.8 Å². The zero-order valence-electron chi connectivity index (χ0n) is 17.9. The number of carboxylic acids is 1. The summed E-state index contributed by atoms with van der Waals surface area (Å²) in [6.07, 6.45) is 2.07. The van der Waals surface area contributed by atoms with E-state index in [9.17, 15) is 24.0 Å². The molecule has 172 valence electrons. The molecule has 0 bridgehead atoms. The van der Waals surface area contributed by atoms with Gasteiger partial charge in [0.05, 0.1) is 0 Å². The highest BCUT2D eigenvalue weighted by atomic mass is 16.4. The molecule has 10 heteroatoms. The number of anilines is 1. The predicted molar refractivity (Wildman–Crippen MR) is 120 cm³/mol. The van der Waals surface area contributed by atoms with E-state index in [0.29, 0.717) is 22.4 Å². The first-order valence-electron chi connectivity index (χ1n) is 10.7. The number of fused-ring (bicyclic) bond motifs is 2. The molecule has 1 unspecified atom stereocenters. The molecule has 2 aliphatic heterocycles. The summed E-state index contributed by atoms with van der Waals surface area (Å²) < 4.78 is 1.60. The topological polar surface area (TPSA) is 138 Å². The van der Waals surface area contributed by atoms with Crippen LogP contribution in [0.1, 0.15) is 39.1 Å². The largest absolute Gasteiger partial charge is 0.480 e. The number of hydrogen-bond acceptors (Lipinski definition) is 5. The number of hydrogen-bond donors (Lipinski definition) is 3. The molecule has 3 aromatic rings. The summed E-state index contributed by atoms with van der Waals surface area (Å²) in [5.41, 5.74) is 2.46. The lowest BCUT2D eigenvalue weighted by Gasteiger charge is -2.29. The van der Waals surface area contributed by atoms with E-state index in [-0.39, 0.29) is 37.7 Å². The molecule has 1 fully saturated rings. The van der Waals surface area contributed by atoms with Gasteiger partial charge in [-0.1, -0.05) is 6.07 Å². The molecule has 10 nitrogen and oxygen atoms in total. The van der Waals surface area contributed by atoms with E-state index in [0.717, 1.165) is 10.9 Å². The number of carbonyl (C=O) groups excluding carboxylic acids is 4. The first-order chi connectivity index (χ1) is 16.3. The molecule has 2 aromatic carbocycles. The van der Waals surface area contributed by atoms with Crippen molar-refractivity contribution in [1.29, 1.82) is 0 Å². The highest BCUT2D eigenvalue weighted by Crippen LogP contribution is 2.30. The van der Waals surface area contributed by atoms with Crippen molar-refractivity contribution in [2.45, 2.75) is 32.0 Å². The second-order valence-corrected chi connectivity index (χ2v) is 8.30. The van der Waals surface area contributed by atoms with Gasteiger partial charge >= 0.3 is 5.97 Å². The predicted octanol–water partition coefficient (Wildman–Crippen LogP) is 1.74. The van der Waals surface area contributed by atoms with Crippen molar-refractivity contribution in [3.05, 3.63) is 65.4 Å². The molecule has 1 saturated heterocycles. The van der Waals surface area contributed by atoms with Crippen LogP contribution in [-0.2, 0) is 27.5 Å². The van der Waals surface area contributed by atoms with Gasteiger partial charge in [-0.15, -0.1) is 0 Å². The molecular formula is C24H20N4O6.